The molecule has 0 aromatic heterocycles. The maximum absolute atomic E-state index is 6.11. The van der Waals surface area contributed by atoms with E-state index < -0.39 is 0 Å². The SMILES string of the molecule is CCN(CC)c1ccc(C(c2cc(ONCCCc3ccccc3)ccc2C)c2cc(ONCCCc3ccccc3)ccc2C)cc1. The fourth-order valence-corrected chi connectivity index (χ4v) is 6.27. The van der Waals surface area contributed by atoms with Crippen molar-refractivity contribution in [3.63, 3.8) is 0 Å². The number of hydroxylamine groups is 2. The van der Waals surface area contributed by atoms with Crippen LogP contribution in [0.4, 0.5) is 5.69 Å². The Bertz CT molecular complexity index is 1570. The summed E-state index contributed by atoms with van der Waals surface area (Å²) in [7, 11) is 0. The molecule has 250 valence electrons. The second kappa shape index (κ2) is 18.1. The Labute approximate surface area is 287 Å². The van der Waals surface area contributed by atoms with E-state index in [9.17, 15) is 0 Å². The Kier molecular flexibility index (Phi) is 13.1. The number of hydrogen-bond donors (Lipinski definition) is 2. The predicted molar refractivity (Wildman–Crippen MR) is 200 cm³/mol. The molecule has 0 aliphatic carbocycles. The lowest BCUT2D eigenvalue weighted by atomic mass is 9.81. The summed E-state index contributed by atoms with van der Waals surface area (Å²) in [6.45, 7) is 12.3. The van der Waals surface area contributed by atoms with Crippen molar-refractivity contribution >= 4 is 5.69 Å². The summed E-state index contributed by atoms with van der Waals surface area (Å²) in [5.74, 6) is 1.62. The number of anilines is 1. The van der Waals surface area contributed by atoms with E-state index in [1.165, 1.54) is 44.6 Å². The number of hydrogen-bond acceptors (Lipinski definition) is 5. The molecule has 0 aliphatic heterocycles. The topological polar surface area (TPSA) is 45.8 Å². The van der Waals surface area contributed by atoms with Crippen LogP contribution in [0, 0.1) is 13.8 Å². The molecule has 0 unspecified atom stereocenters. The highest BCUT2D eigenvalue weighted by molar-refractivity contribution is 5.55. The second-order valence-corrected chi connectivity index (χ2v) is 12.4. The van der Waals surface area contributed by atoms with Crippen molar-refractivity contribution < 1.29 is 9.68 Å². The van der Waals surface area contributed by atoms with Gasteiger partial charge in [0.15, 0.2) is 0 Å². The molecule has 48 heavy (non-hydrogen) atoms. The van der Waals surface area contributed by atoms with Gasteiger partial charge in [-0.3, -0.25) is 0 Å². The van der Waals surface area contributed by atoms with Gasteiger partial charge in [-0.25, -0.2) is 0 Å². The fourth-order valence-electron chi connectivity index (χ4n) is 6.27. The zero-order chi connectivity index (χ0) is 33.6. The number of nitrogens with zero attached hydrogens (tertiary/aromatic N) is 1. The van der Waals surface area contributed by atoms with Crippen LogP contribution in [0.3, 0.4) is 0 Å². The van der Waals surface area contributed by atoms with Crippen LogP contribution in [-0.4, -0.2) is 26.2 Å². The van der Waals surface area contributed by atoms with E-state index in [1.54, 1.807) is 0 Å². The largest absolute Gasteiger partial charge is 0.409 e. The maximum atomic E-state index is 6.11. The first-order valence-electron chi connectivity index (χ1n) is 17.5. The first-order chi connectivity index (χ1) is 23.6. The molecule has 5 rings (SSSR count). The lowest BCUT2D eigenvalue weighted by molar-refractivity contribution is 0.194. The summed E-state index contributed by atoms with van der Waals surface area (Å²) in [4.78, 5) is 14.6. The van der Waals surface area contributed by atoms with Crippen LogP contribution in [0.1, 0.15) is 71.6 Å². The molecule has 0 saturated heterocycles. The number of aryl methyl sites for hydroxylation is 4. The van der Waals surface area contributed by atoms with Crippen molar-refractivity contribution in [2.75, 3.05) is 31.1 Å². The van der Waals surface area contributed by atoms with Crippen molar-refractivity contribution in [2.45, 2.75) is 59.3 Å². The quantitative estimate of drug-likeness (QED) is 0.0567. The van der Waals surface area contributed by atoms with Gasteiger partial charge in [-0.2, -0.15) is 11.0 Å². The van der Waals surface area contributed by atoms with Crippen LogP contribution < -0.4 is 25.5 Å². The van der Waals surface area contributed by atoms with E-state index >= 15 is 0 Å². The molecule has 5 aromatic carbocycles. The number of nitrogens with one attached hydrogen (secondary N) is 2. The van der Waals surface area contributed by atoms with E-state index in [0.717, 1.165) is 63.4 Å². The van der Waals surface area contributed by atoms with Gasteiger partial charge >= 0.3 is 0 Å². The van der Waals surface area contributed by atoms with Gasteiger partial charge in [0, 0.05) is 37.8 Å². The smallest absolute Gasteiger partial charge is 0.147 e. The summed E-state index contributed by atoms with van der Waals surface area (Å²) in [5, 5.41) is 0. The molecule has 0 fully saturated rings. The van der Waals surface area contributed by atoms with Gasteiger partial charge in [-0.1, -0.05) is 84.9 Å². The summed E-state index contributed by atoms with van der Waals surface area (Å²) >= 11 is 0. The normalized spacial score (nSPS) is 11.1. The Morgan fingerprint density at radius 2 is 1.02 bits per heavy atom. The molecule has 0 radical (unpaired) electrons. The summed E-state index contributed by atoms with van der Waals surface area (Å²) < 4.78 is 0. The lowest BCUT2D eigenvalue weighted by Gasteiger charge is -2.26. The predicted octanol–water partition coefficient (Wildman–Crippen LogP) is 9.36. The molecule has 0 aliphatic rings. The summed E-state index contributed by atoms with van der Waals surface area (Å²) in [6.07, 6.45) is 4.02. The molecule has 0 spiro atoms. The molecular formula is C43H51N3O2. The van der Waals surface area contributed by atoms with Crippen LogP contribution >= 0.6 is 0 Å². The third-order valence-electron chi connectivity index (χ3n) is 9.03. The molecule has 2 N–H and O–H groups in total. The Morgan fingerprint density at radius 1 is 0.562 bits per heavy atom. The molecule has 0 atom stereocenters. The third-order valence-corrected chi connectivity index (χ3v) is 9.03. The minimum absolute atomic E-state index is 0.000913. The number of rotatable bonds is 18. The summed E-state index contributed by atoms with van der Waals surface area (Å²) in [5.41, 5.74) is 16.4. The van der Waals surface area contributed by atoms with Crippen molar-refractivity contribution in [3.8, 4) is 11.5 Å². The van der Waals surface area contributed by atoms with Gasteiger partial charge < -0.3 is 14.6 Å². The Morgan fingerprint density at radius 3 is 1.46 bits per heavy atom. The van der Waals surface area contributed by atoms with E-state index in [1.807, 2.05) is 0 Å². The lowest BCUT2D eigenvalue weighted by Crippen LogP contribution is -2.22. The minimum Gasteiger partial charge on any atom is -0.409 e. The van der Waals surface area contributed by atoms with E-state index in [0.29, 0.717) is 0 Å². The first-order valence-corrected chi connectivity index (χ1v) is 17.5. The molecule has 0 saturated carbocycles. The zero-order valence-electron chi connectivity index (χ0n) is 29.0. The van der Waals surface area contributed by atoms with Crippen LogP contribution in [0.5, 0.6) is 11.5 Å². The van der Waals surface area contributed by atoms with Crippen LogP contribution in [0.15, 0.2) is 121 Å². The summed E-state index contributed by atoms with van der Waals surface area (Å²) in [6, 6.07) is 43.1. The van der Waals surface area contributed by atoms with Gasteiger partial charge in [-0.05, 0) is 129 Å². The van der Waals surface area contributed by atoms with Crippen LogP contribution in [0.2, 0.25) is 0 Å². The van der Waals surface area contributed by atoms with Gasteiger partial charge in [0.25, 0.3) is 0 Å². The zero-order valence-corrected chi connectivity index (χ0v) is 29.0. The Balaban J connectivity index is 1.35. The molecule has 0 amide bonds. The Hall–Kier alpha value is -4.58. The van der Waals surface area contributed by atoms with E-state index in [4.69, 9.17) is 9.68 Å². The molecular weight excluding hydrogens is 590 g/mol. The van der Waals surface area contributed by atoms with Gasteiger partial charge in [0.2, 0.25) is 0 Å². The second-order valence-electron chi connectivity index (χ2n) is 12.4. The van der Waals surface area contributed by atoms with Gasteiger partial charge in [-0.15, -0.1) is 0 Å². The molecule has 5 aromatic rings. The highest BCUT2D eigenvalue weighted by Crippen LogP contribution is 2.39. The highest BCUT2D eigenvalue weighted by atomic mass is 16.6. The molecule has 0 heterocycles. The average molecular weight is 642 g/mol. The van der Waals surface area contributed by atoms with Crippen molar-refractivity contribution in [3.05, 3.63) is 160 Å². The average Bonchev–Trinajstić information content (AvgIpc) is 3.12. The van der Waals surface area contributed by atoms with Crippen molar-refractivity contribution in [2.24, 2.45) is 0 Å². The third kappa shape index (κ3) is 9.72. The highest BCUT2D eigenvalue weighted by Gasteiger charge is 2.23. The van der Waals surface area contributed by atoms with E-state index in [2.05, 4.69) is 165 Å². The van der Waals surface area contributed by atoms with Crippen molar-refractivity contribution in [1.82, 2.24) is 11.0 Å². The van der Waals surface area contributed by atoms with Gasteiger partial charge in [0.05, 0.1) is 0 Å². The number of benzene rings is 5. The van der Waals surface area contributed by atoms with Gasteiger partial charge in [0.1, 0.15) is 11.5 Å². The van der Waals surface area contributed by atoms with Crippen LogP contribution in [0.25, 0.3) is 0 Å². The molecule has 5 heteroatoms. The van der Waals surface area contributed by atoms with Crippen LogP contribution in [-0.2, 0) is 12.8 Å². The fraction of sp³-hybridized carbons (Fsp3) is 0.302. The van der Waals surface area contributed by atoms with Crippen molar-refractivity contribution in [1.29, 1.82) is 0 Å². The molecule has 5 nitrogen and oxygen atoms in total. The standard InChI is InChI=1S/C43H51N3O2/c1-5-46(6-2)38-25-23-37(24-26-38)43(41-31-39(27-21-33(41)3)47-44-29-13-19-35-15-9-7-10-16-35)42-32-40(28-22-34(42)4)48-45-30-14-20-36-17-11-8-12-18-36/h7-12,15-18,21-28,31-32,43-45H,5-6,13-14,19-20,29-30H2,1-4H3. The first kappa shape index (κ1) is 34.7. The monoisotopic (exact) mass is 641 g/mol. The maximum Gasteiger partial charge on any atom is 0.147 e. The minimum atomic E-state index is -0.000913. The van der Waals surface area contributed by atoms with E-state index in [-0.39, 0.29) is 5.92 Å². The molecule has 0 bridgehead atoms.